The molecule has 2 amide bonds. The van der Waals surface area contributed by atoms with E-state index in [1.54, 1.807) is 6.20 Å². The summed E-state index contributed by atoms with van der Waals surface area (Å²) < 4.78 is 0.791. The quantitative estimate of drug-likeness (QED) is 0.729. The highest BCUT2D eigenvalue weighted by Crippen LogP contribution is 2.22. The molecule has 7 heteroatoms. The summed E-state index contributed by atoms with van der Waals surface area (Å²) in [4.78, 5) is 25.6. The number of carbonyl (C=O) groups is 2. The molecule has 0 spiro atoms. The van der Waals surface area contributed by atoms with Crippen LogP contribution in [0.4, 0.5) is 5.13 Å². The lowest BCUT2D eigenvalue weighted by atomic mass is 10.5. The number of thiazole rings is 1. The highest BCUT2D eigenvalue weighted by Gasteiger charge is 2.12. The number of amides is 2. The topological polar surface area (TPSA) is 71.1 Å². The van der Waals surface area contributed by atoms with E-state index in [0.717, 1.165) is 3.79 Å². The van der Waals surface area contributed by atoms with Crippen molar-refractivity contribution in [2.75, 3.05) is 12.4 Å². The van der Waals surface area contributed by atoms with E-state index in [2.05, 4.69) is 31.5 Å². The van der Waals surface area contributed by atoms with Gasteiger partial charge in [0.25, 0.3) is 0 Å². The Morgan fingerprint density at radius 3 is 2.69 bits per heavy atom. The molecule has 70 valence electrons. The van der Waals surface area contributed by atoms with Gasteiger partial charge in [-0.3, -0.25) is 14.9 Å². The van der Waals surface area contributed by atoms with Crippen LogP contribution < -0.4 is 10.6 Å². The summed E-state index contributed by atoms with van der Waals surface area (Å²) in [5.74, 6) is -1.41. The molecule has 0 radical (unpaired) electrons. The van der Waals surface area contributed by atoms with Crippen LogP contribution in [0.5, 0.6) is 0 Å². The molecular formula is C6H6BrN3O2S. The maximum Gasteiger partial charge on any atom is 0.315 e. The van der Waals surface area contributed by atoms with Crippen molar-refractivity contribution in [3.05, 3.63) is 9.98 Å². The predicted octanol–water partition coefficient (Wildman–Crippen LogP) is 0.590. The third kappa shape index (κ3) is 2.78. The van der Waals surface area contributed by atoms with Crippen LogP contribution in [0.2, 0.25) is 0 Å². The van der Waals surface area contributed by atoms with Crippen molar-refractivity contribution >= 4 is 44.2 Å². The van der Waals surface area contributed by atoms with E-state index in [4.69, 9.17) is 0 Å². The Morgan fingerprint density at radius 1 is 1.54 bits per heavy atom. The molecule has 2 N–H and O–H groups in total. The van der Waals surface area contributed by atoms with Crippen molar-refractivity contribution in [2.24, 2.45) is 0 Å². The molecule has 0 aromatic carbocycles. The molecule has 0 saturated heterocycles. The molecular weight excluding hydrogens is 258 g/mol. The lowest BCUT2D eigenvalue weighted by Crippen LogP contribution is -2.32. The van der Waals surface area contributed by atoms with E-state index < -0.39 is 11.8 Å². The van der Waals surface area contributed by atoms with Crippen molar-refractivity contribution < 1.29 is 9.59 Å². The second kappa shape index (κ2) is 4.33. The normalized spacial score (nSPS) is 9.38. The second-order valence-corrected chi connectivity index (χ2v) is 4.41. The molecule has 1 rings (SSSR count). The standard InChI is InChI=1S/C6H6BrN3O2S/c1-8-4(11)5(12)10-6-9-2-3(7)13-6/h2H,1H3,(H,8,11)(H,9,10,12). The molecule has 0 aliphatic carbocycles. The van der Waals surface area contributed by atoms with Crippen LogP contribution in [0.3, 0.4) is 0 Å². The predicted molar refractivity (Wildman–Crippen MR) is 52.5 cm³/mol. The lowest BCUT2D eigenvalue weighted by Gasteiger charge is -1.97. The van der Waals surface area contributed by atoms with Crippen molar-refractivity contribution in [1.82, 2.24) is 10.3 Å². The minimum Gasteiger partial charge on any atom is -0.351 e. The molecule has 0 saturated carbocycles. The summed E-state index contributed by atoms with van der Waals surface area (Å²) in [6.45, 7) is 0. The molecule has 0 atom stereocenters. The van der Waals surface area contributed by atoms with E-state index in [1.165, 1.54) is 18.4 Å². The highest BCUT2D eigenvalue weighted by atomic mass is 79.9. The van der Waals surface area contributed by atoms with E-state index in [-0.39, 0.29) is 0 Å². The number of nitrogens with zero attached hydrogens (tertiary/aromatic N) is 1. The Bertz CT molecular complexity index is 338. The van der Waals surface area contributed by atoms with Crippen LogP contribution in [-0.4, -0.2) is 23.8 Å². The lowest BCUT2D eigenvalue weighted by molar-refractivity contribution is -0.135. The van der Waals surface area contributed by atoms with Crippen LogP contribution in [0, 0.1) is 0 Å². The average Bonchev–Trinajstić information content (AvgIpc) is 2.49. The Balaban J connectivity index is 2.60. The van der Waals surface area contributed by atoms with E-state index in [9.17, 15) is 9.59 Å². The van der Waals surface area contributed by atoms with Crippen molar-refractivity contribution in [3.8, 4) is 0 Å². The van der Waals surface area contributed by atoms with Crippen LogP contribution >= 0.6 is 27.3 Å². The van der Waals surface area contributed by atoms with Crippen LogP contribution in [0.25, 0.3) is 0 Å². The number of likely N-dealkylation sites (N-methyl/N-ethyl adjacent to an activating group) is 1. The van der Waals surface area contributed by atoms with Gasteiger partial charge in [-0.1, -0.05) is 11.3 Å². The monoisotopic (exact) mass is 263 g/mol. The largest absolute Gasteiger partial charge is 0.351 e. The number of hydrogen-bond acceptors (Lipinski definition) is 4. The second-order valence-electron chi connectivity index (χ2n) is 2.00. The molecule has 5 nitrogen and oxygen atoms in total. The summed E-state index contributed by atoms with van der Waals surface area (Å²) >= 11 is 4.42. The number of rotatable bonds is 1. The first-order valence-corrected chi connectivity index (χ1v) is 4.89. The number of halogens is 1. The molecule has 0 bridgehead atoms. The number of carbonyl (C=O) groups excluding carboxylic acids is 2. The van der Waals surface area contributed by atoms with Gasteiger partial charge in [-0.05, 0) is 15.9 Å². The zero-order valence-corrected chi connectivity index (χ0v) is 9.03. The van der Waals surface area contributed by atoms with Crippen molar-refractivity contribution in [3.63, 3.8) is 0 Å². The Kier molecular flexibility index (Phi) is 3.38. The third-order valence-electron chi connectivity index (χ3n) is 1.13. The highest BCUT2D eigenvalue weighted by molar-refractivity contribution is 9.11. The van der Waals surface area contributed by atoms with Gasteiger partial charge in [0.2, 0.25) is 0 Å². The molecule has 1 aromatic heterocycles. The minimum atomic E-state index is -0.718. The van der Waals surface area contributed by atoms with Crippen LogP contribution in [-0.2, 0) is 9.59 Å². The molecule has 1 aromatic rings. The van der Waals surface area contributed by atoms with Crippen LogP contribution in [0.15, 0.2) is 9.98 Å². The Hall–Kier alpha value is -0.950. The number of hydrogen-bond donors (Lipinski definition) is 2. The summed E-state index contributed by atoms with van der Waals surface area (Å²) in [6, 6.07) is 0. The first kappa shape index (κ1) is 10.1. The van der Waals surface area contributed by atoms with Gasteiger partial charge < -0.3 is 5.32 Å². The van der Waals surface area contributed by atoms with Gasteiger partial charge in [0.05, 0.1) is 9.98 Å². The summed E-state index contributed by atoms with van der Waals surface area (Å²) in [7, 11) is 1.39. The molecule has 0 fully saturated rings. The van der Waals surface area contributed by atoms with Gasteiger partial charge in [0.1, 0.15) is 0 Å². The number of anilines is 1. The SMILES string of the molecule is CNC(=O)C(=O)Nc1ncc(Br)s1. The molecule has 0 aliphatic heterocycles. The van der Waals surface area contributed by atoms with Crippen molar-refractivity contribution in [1.29, 1.82) is 0 Å². The Labute approximate surface area is 86.7 Å². The fourth-order valence-electron chi connectivity index (χ4n) is 0.580. The maximum atomic E-state index is 11.0. The maximum absolute atomic E-state index is 11.0. The summed E-state index contributed by atoms with van der Waals surface area (Å²) in [5.41, 5.74) is 0. The number of aromatic nitrogens is 1. The summed E-state index contributed by atoms with van der Waals surface area (Å²) in [5, 5.41) is 4.94. The summed E-state index contributed by atoms with van der Waals surface area (Å²) in [6.07, 6.45) is 1.55. The van der Waals surface area contributed by atoms with E-state index in [0.29, 0.717) is 5.13 Å². The number of nitrogens with one attached hydrogen (secondary N) is 2. The molecule has 0 unspecified atom stereocenters. The zero-order chi connectivity index (χ0) is 9.84. The Morgan fingerprint density at radius 2 is 2.23 bits per heavy atom. The average molecular weight is 264 g/mol. The third-order valence-corrected chi connectivity index (χ3v) is 2.52. The van der Waals surface area contributed by atoms with Crippen LogP contribution in [0.1, 0.15) is 0 Å². The molecule has 0 aliphatic rings. The van der Waals surface area contributed by atoms with E-state index in [1.807, 2.05) is 0 Å². The van der Waals surface area contributed by atoms with E-state index >= 15 is 0 Å². The smallest absolute Gasteiger partial charge is 0.315 e. The van der Waals surface area contributed by atoms with Crippen molar-refractivity contribution in [2.45, 2.75) is 0 Å². The fraction of sp³-hybridized carbons (Fsp3) is 0.167. The molecule has 1 heterocycles. The fourth-order valence-corrected chi connectivity index (χ4v) is 1.68. The van der Waals surface area contributed by atoms with Gasteiger partial charge in [-0.25, -0.2) is 4.98 Å². The first-order chi connectivity index (χ1) is 6.13. The van der Waals surface area contributed by atoms with Gasteiger partial charge >= 0.3 is 11.8 Å². The minimum absolute atomic E-state index is 0.389. The van der Waals surface area contributed by atoms with Gasteiger partial charge in [-0.2, -0.15) is 0 Å². The van der Waals surface area contributed by atoms with Gasteiger partial charge in [0.15, 0.2) is 5.13 Å². The van der Waals surface area contributed by atoms with Gasteiger partial charge in [-0.15, -0.1) is 0 Å². The van der Waals surface area contributed by atoms with Gasteiger partial charge in [0, 0.05) is 7.05 Å². The molecule has 13 heavy (non-hydrogen) atoms. The zero-order valence-electron chi connectivity index (χ0n) is 6.63. The first-order valence-electron chi connectivity index (χ1n) is 3.28.